The molecule has 0 saturated heterocycles. The van der Waals surface area contributed by atoms with E-state index < -0.39 is 17.8 Å². The average Bonchev–Trinajstić information content (AvgIpc) is 2.65. The molecule has 1 aromatic heterocycles. The Kier molecular flexibility index (Phi) is 6.00. The maximum Gasteiger partial charge on any atom is 0.337 e. The Morgan fingerprint density at radius 2 is 1.96 bits per heavy atom. The van der Waals surface area contributed by atoms with Crippen LogP contribution in [-0.4, -0.2) is 36.4 Å². The first-order valence-electron chi connectivity index (χ1n) is 7.40. The van der Waals surface area contributed by atoms with E-state index in [4.69, 9.17) is 0 Å². The van der Waals surface area contributed by atoms with Gasteiger partial charge in [0.25, 0.3) is 11.8 Å². The number of esters is 1. The van der Waals surface area contributed by atoms with Crippen molar-refractivity contribution in [1.82, 2.24) is 10.3 Å². The lowest BCUT2D eigenvalue weighted by Gasteiger charge is -2.08. The molecule has 0 fully saturated rings. The van der Waals surface area contributed by atoms with Crippen LogP contribution in [0.4, 0.5) is 5.69 Å². The second kappa shape index (κ2) is 8.39. The average molecular weight is 339 g/mol. The molecule has 25 heavy (non-hydrogen) atoms. The third kappa shape index (κ3) is 4.74. The van der Waals surface area contributed by atoms with Crippen LogP contribution in [0, 0.1) is 0 Å². The summed E-state index contributed by atoms with van der Waals surface area (Å²) in [6.07, 6.45) is 2.92. The molecule has 2 rings (SSSR count). The van der Waals surface area contributed by atoms with E-state index in [1.807, 2.05) is 0 Å². The van der Waals surface area contributed by atoms with Gasteiger partial charge in [-0.25, -0.2) is 4.79 Å². The molecule has 2 amide bonds. The van der Waals surface area contributed by atoms with E-state index in [-0.39, 0.29) is 11.3 Å². The number of amides is 2. The molecule has 2 N–H and O–H groups in total. The maximum absolute atomic E-state index is 12.4. The van der Waals surface area contributed by atoms with Crippen molar-refractivity contribution in [2.75, 3.05) is 19.0 Å². The smallest absolute Gasteiger partial charge is 0.337 e. The molecular formula is C18H17N3O4. The number of rotatable bonds is 6. The summed E-state index contributed by atoms with van der Waals surface area (Å²) < 4.78 is 4.64. The quantitative estimate of drug-likeness (QED) is 0.620. The Morgan fingerprint density at radius 1 is 1.16 bits per heavy atom. The number of nitrogens with one attached hydrogen (secondary N) is 2. The zero-order chi connectivity index (χ0) is 18.2. The highest BCUT2D eigenvalue weighted by molar-refractivity contribution is 6.06. The van der Waals surface area contributed by atoms with Crippen molar-refractivity contribution in [2.45, 2.75) is 0 Å². The Labute approximate surface area is 144 Å². The Hall–Kier alpha value is -3.48. The number of ether oxygens (including phenoxy) is 1. The minimum atomic E-state index is -0.499. The molecule has 2 aromatic rings. The van der Waals surface area contributed by atoms with Gasteiger partial charge < -0.3 is 15.4 Å². The highest BCUT2D eigenvalue weighted by Gasteiger charge is 2.12. The van der Waals surface area contributed by atoms with Crippen molar-refractivity contribution >= 4 is 23.5 Å². The number of benzene rings is 1. The summed E-state index contributed by atoms with van der Waals surface area (Å²) in [4.78, 5) is 39.7. The topological polar surface area (TPSA) is 97.4 Å². The van der Waals surface area contributed by atoms with E-state index in [1.165, 1.54) is 31.5 Å². The fourth-order valence-corrected chi connectivity index (χ4v) is 2.00. The first-order valence-corrected chi connectivity index (χ1v) is 7.40. The van der Waals surface area contributed by atoms with Crippen LogP contribution in [0.3, 0.4) is 0 Å². The van der Waals surface area contributed by atoms with Gasteiger partial charge in [0.1, 0.15) is 5.69 Å². The van der Waals surface area contributed by atoms with Gasteiger partial charge >= 0.3 is 5.97 Å². The van der Waals surface area contributed by atoms with Crippen molar-refractivity contribution in [2.24, 2.45) is 0 Å². The zero-order valence-corrected chi connectivity index (χ0v) is 13.6. The molecule has 0 bridgehead atoms. The summed E-state index contributed by atoms with van der Waals surface area (Å²) in [7, 11) is 1.28. The van der Waals surface area contributed by atoms with Crippen LogP contribution >= 0.6 is 0 Å². The van der Waals surface area contributed by atoms with Crippen LogP contribution in [0.15, 0.2) is 55.3 Å². The van der Waals surface area contributed by atoms with E-state index in [0.717, 1.165) is 0 Å². The Bertz CT molecular complexity index is 817. The van der Waals surface area contributed by atoms with Gasteiger partial charge in [-0.1, -0.05) is 12.1 Å². The summed E-state index contributed by atoms with van der Waals surface area (Å²) in [5.74, 6) is -1.33. The zero-order valence-electron chi connectivity index (χ0n) is 13.6. The molecule has 1 heterocycles. The monoisotopic (exact) mass is 339 g/mol. The molecule has 0 atom stereocenters. The third-order valence-corrected chi connectivity index (χ3v) is 3.20. The lowest BCUT2D eigenvalue weighted by Crippen LogP contribution is -2.24. The predicted octanol–water partition coefficient (Wildman–Crippen LogP) is 2.04. The minimum absolute atomic E-state index is 0.123. The molecule has 0 unspecified atom stereocenters. The van der Waals surface area contributed by atoms with Crippen molar-refractivity contribution in [3.63, 3.8) is 0 Å². The van der Waals surface area contributed by atoms with E-state index in [9.17, 15) is 14.4 Å². The van der Waals surface area contributed by atoms with Gasteiger partial charge in [0.2, 0.25) is 0 Å². The molecule has 7 nitrogen and oxygen atoms in total. The number of aromatic nitrogens is 1. The number of carbonyl (C=O) groups is 3. The summed E-state index contributed by atoms with van der Waals surface area (Å²) in [5, 5.41) is 5.25. The van der Waals surface area contributed by atoms with Gasteiger partial charge in [0.05, 0.1) is 12.7 Å². The van der Waals surface area contributed by atoms with Crippen molar-refractivity contribution in [1.29, 1.82) is 0 Å². The summed E-state index contributed by atoms with van der Waals surface area (Å²) in [5.41, 5.74) is 1.14. The Balaban J connectivity index is 2.14. The molecule has 0 aliphatic carbocycles. The van der Waals surface area contributed by atoms with Gasteiger partial charge in [-0.15, -0.1) is 6.58 Å². The second-order valence-corrected chi connectivity index (χ2v) is 4.95. The molecule has 0 aliphatic rings. The molecule has 0 aliphatic heterocycles. The first-order chi connectivity index (χ1) is 12.0. The fourth-order valence-electron chi connectivity index (χ4n) is 2.00. The van der Waals surface area contributed by atoms with Crippen LogP contribution in [0.25, 0.3) is 0 Å². The molecular weight excluding hydrogens is 322 g/mol. The lowest BCUT2D eigenvalue weighted by atomic mass is 10.1. The second-order valence-electron chi connectivity index (χ2n) is 4.95. The standard InChI is InChI=1S/C18H17N3O4/c1-3-8-20-17(23)15-11-12(7-9-19-15)16(22)21-14-6-4-5-13(10-14)18(24)25-2/h3-7,9-11H,1,8H2,2H3,(H,20,23)(H,21,22). The number of carbonyl (C=O) groups excluding carboxylic acids is 3. The summed E-state index contributed by atoms with van der Waals surface area (Å²) >= 11 is 0. The van der Waals surface area contributed by atoms with Crippen LogP contribution in [0.1, 0.15) is 31.2 Å². The van der Waals surface area contributed by atoms with Crippen LogP contribution in [0.5, 0.6) is 0 Å². The van der Waals surface area contributed by atoms with Crippen molar-refractivity contribution in [3.8, 4) is 0 Å². The number of hydrogen-bond acceptors (Lipinski definition) is 5. The largest absolute Gasteiger partial charge is 0.465 e. The predicted molar refractivity (Wildman–Crippen MR) is 92.5 cm³/mol. The molecule has 0 radical (unpaired) electrons. The molecule has 1 aromatic carbocycles. The molecule has 128 valence electrons. The first kappa shape index (κ1) is 17.9. The van der Waals surface area contributed by atoms with E-state index in [0.29, 0.717) is 17.8 Å². The van der Waals surface area contributed by atoms with Crippen molar-refractivity contribution < 1.29 is 19.1 Å². The Morgan fingerprint density at radius 3 is 2.68 bits per heavy atom. The SMILES string of the molecule is C=CCNC(=O)c1cc(C(=O)Nc2cccc(C(=O)OC)c2)ccn1. The van der Waals surface area contributed by atoms with E-state index >= 15 is 0 Å². The normalized spacial score (nSPS) is 9.80. The lowest BCUT2D eigenvalue weighted by molar-refractivity contribution is 0.0600. The van der Waals surface area contributed by atoms with Gasteiger partial charge in [-0.2, -0.15) is 0 Å². The number of methoxy groups -OCH3 is 1. The van der Waals surface area contributed by atoms with Crippen LogP contribution in [0.2, 0.25) is 0 Å². The highest BCUT2D eigenvalue weighted by atomic mass is 16.5. The summed E-state index contributed by atoms with van der Waals surface area (Å²) in [6.45, 7) is 3.82. The van der Waals surface area contributed by atoms with Gasteiger partial charge in [0.15, 0.2) is 0 Å². The number of hydrogen-bond donors (Lipinski definition) is 2. The number of nitrogens with zero attached hydrogens (tertiary/aromatic N) is 1. The fraction of sp³-hybridized carbons (Fsp3) is 0.111. The minimum Gasteiger partial charge on any atom is -0.465 e. The summed E-state index contributed by atoms with van der Waals surface area (Å²) in [6, 6.07) is 9.23. The van der Waals surface area contributed by atoms with Crippen LogP contribution < -0.4 is 10.6 Å². The molecule has 7 heteroatoms. The van der Waals surface area contributed by atoms with Gasteiger partial charge in [-0.05, 0) is 30.3 Å². The van der Waals surface area contributed by atoms with Crippen molar-refractivity contribution in [3.05, 3.63) is 72.1 Å². The van der Waals surface area contributed by atoms with Crippen LogP contribution in [-0.2, 0) is 4.74 Å². The van der Waals surface area contributed by atoms with E-state index in [2.05, 4.69) is 26.9 Å². The van der Waals surface area contributed by atoms with Gasteiger partial charge in [-0.3, -0.25) is 14.6 Å². The van der Waals surface area contributed by atoms with E-state index in [1.54, 1.807) is 24.3 Å². The highest BCUT2D eigenvalue weighted by Crippen LogP contribution is 2.13. The van der Waals surface area contributed by atoms with Gasteiger partial charge in [0, 0.05) is 24.0 Å². The maximum atomic E-state index is 12.4. The molecule has 0 spiro atoms. The third-order valence-electron chi connectivity index (χ3n) is 3.20. The number of anilines is 1. The number of pyridine rings is 1. The molecule has 0 saturated carbocycles.